The monoisotopic (exact) mass is 898 g/mol. The van der Waals surface area contributed by atoms with E-state index in [9.17, 15) is 24.3 Å². The van der Waals surface area contributed by atoms with E-state index in [0.29, 0.717) is 57.0 Å². The van der Waals surface area contributed by atoms with Crippen LogP contribution in [0.25, 0.3) is 21.8 Å². The highest BCUT2D eigenvalue weighted by atomic mass is 35.5. The van der Waals surface area contributed by atoms with E-state index in [4.69, 9.17) is 27.9 Å². The lowest BCUT2D eigenvalue weighted by Crippen LogP contribution is -2.10. The number of hydrogen-bond donors (Lipinski definition) is 1. The van der Waals surface area contributed by atoms with Gasteiger partial charge in [0.15, 0.2) is 0 Å². The maximum absolute atomic E-state index is 13.0. The van der Waals surface area contributed by atoms with Gasteiger partial charge in [0.05, 0.1) is 22.2 Å². The van der Waals surface area contributed by atoms with Gasteiger partial charge >= 0.3 is 11.9 Å². The summed E-state index contributed by atoms with van der Waals surface area (Å²) in [6.07, 6.45) is 10.9. The van der Waals surface area contributed by atoms with E-state index in [1.165, 1.54) is 18.4 Å². The summed E-state index contributed by atoms with van der Waals surface area (Å²) in [7, 11) is 0. The number of ether oxygens (including phenoxy) is 1. The zero-order valence-corrected chi connectivity index (χ0v) is 36.9. The molecule has 2 fully saturated rings. The molecule has 8 nitrogen and oxygen atoms in total. The highest BCUT2D eigenvalue weighted by Gasteiger charge is 2.27. The van der Waals surface area contributed by atoms with Gasteiger partial charge in [0.2, 0.25) is 0 Å². The molecule has 0 bridgehead atoms. The van der Waals surface area contributed by atoms with Crippen LogP contribution in [-0.4, -0.2) is 44.6 Å². The molecule has 0 saturated heterocycles. The fourth-order valence-corrected chi connectivity index (χ4v) is 8.55. The number of fused-ring (bicyclic) bond motifs is 2. The number of nitrogens with zero attached hydrogens (tertiary/aromatic N) is 2. The maximum Gasteiger partial charge on any atom is 0.338 e. The Balaban J connectivity index is 0.000000165. The van der Waals surface area contributed by atoms with Crippen LogP contribution in [-0.2, 0) is 17.6 Å². The number of aromatic carboxylic acids is 1. The molecular formula is C55H44Cl2N2O6. The van der Waals surface area contributed by atoms with Gasteiger partial charge in [-0.2, -0.15) is 0 Å². The Hall–Kier alpha value is -7.00. The second kappa shape index (κ2) is 18.6. The predicted molar refractivity (Wildman–Crippen MR) is 256 cm³/mol. The molecule has 0 radical (unpaired) electrons. The van der Waals surface area contributed by atoms with Crippen LogP contribution in [0.4, 0.5) is 0 Å². The number of rotatable bonds is 12. The smallest absolute Gasteiger partial charge is 0.338 e. The summed E-state index contributed by atoms with van der Waals surface area (Å²) < 4.78 is 8.62. The van der Waals surface area contributed by atoms with E-state index in [2.05, 4.69) is 24.8 Å². The standard InChI is InChI=1S/C29H24ClNO3.C26H20ClNO3/c1-2-15-34-29(33)26-18-22(20-4-5-20)6-7-23(26)16-19-3-12-27-24(17-19)13-14-31(27)28(32)21-8-10-25(30)11-9-21;27-22-8-6-18(7-9-22)25(29)28-12-11-21-14-16(1-10-24(21)28)13-20-5-4-19(17-2-3-17)15-23(20)26(30)31/h2-3,6-14,17-18,20H,1,4-5,15-16H2;1,4-12,14-15,17H,2-3,13H2,(H,30,31). The number of esters is 1. The summed E-state index contributed by atoms with van der Waals surface area (Å²) in [5.41, 5.74) is 9.87. The third-order valence-corrected chi connectivity index (χ3v) is 12.6. The first-order valence-corrected chi connectivity index (χ1v) is 22.4. The molecule has 2 aliphatic rings. The summed E-state index contributed by atoms with van der Waals surface area (Å²) in [6, 6.07) is 41.4. The molecule has 0 spiro atoms. The van der Waals surface area contributed by atoms with Crippen LogP contribution in [0.15, 0.2) is 159 Å². The average Bonchev–Trinajstić information content (AvgIpc) is 4.26. The van der Waals surface area contributed by atoms with Crippen molar-refractivity contribution < 1.29 is 29.0 Å². The van der Waals surface area contributed by atoms with Crippen LogP contribution in [0, 0.1) is 0 Å². The molecule has 8 aromatic rings. The second-order valence-electron chi connectivity index (χ2n) is 16.7. The van der Waals surface area contributed by atoms with Crippen molar-refractivity contribution in [1.82, 2.24) is 9.13 Å². The fourth-order valence-electron chi connectivity index (χ4n) is 8.30. The Kier molecular flexibility index (Phi) is 12.4. The van der Waals surface area contributed by atoms with Gasteiger partial charge in [-0.05, 0) is 181 Å². The van der Waals surface area contributed by atoms with Gasteiger partial charge in [-0.25, -0.2) is 9.59 Å². The van der Waals surface area contributed by atoms with Crippen molar-refractivity contribution in [3.8, 4) is 0 Å². The molecule has 2 aromatic heterocycles. The van der Waals surface area contributed by atoms with Gasteiger partial charge in [-0.1, -0.05) is 72.3 Å². The van der Waals surface area contributed by atoms with Gasteiger partial charge in [-0.3, -0.25) is 18.7 Å². The lowest BCUT2D eigenvalue weighted by atomic mass is 9.96. The Morgan fingerprint density at radius 3 is 1.46 bits per heavy atom. The topological polar surface area (TPSA) is 108 Å². The number of hydrogen-bond acceptors (Lipinski definition) is 5. The van der Waals surface area contributed by atoms with E-state index in [0.717, 1.165) is 62.5 Å². The van der Waals surface area contributed by atoms with Crippen molar-refractivity contribution in [3.63, 3.8) is 0 Å². The molecule has 10 heteroatoms. The van der Waals surface area contributed by atoms with Gasteiger partial charge in [0.1, 0.15) is 6.61 Å². The van der Waals surface area contributed by atoms with Crippen LogP contribution in [0.3, 0.4) is 0 Å². The number of halogens is 2. The number of carbonyl (C=O) groups excluding carboxylic acids is 3. The van der Waals surface area contributed by atoms with Gasteiger partial charge in [0, 0.05) is 44.3 Å². The van der Waals surface area contributed by atoms with Crippen molar-refractivity contribution in [1.29, 1.82) is 0 Å². The molecule has 2 aliphatic carbocycles. The molecule has 0 amide bonds. The Morgan fingerprint density at radius 1 is 0.585 bits per heavy atom. The number of aromatic nitrogens is 2. The second-order valence-corrected chi connectivity index (χ2v) is 17.6. The van der Waals surface area contributed by atoms with Crippen LogP contribution < -0.4 is 0 Å². The molecule has 6 aromatic carbocycles. The summed E-state index contributed by atoms with van der Waals surface area (Å²) in [6.45, 7) is 3.82. The first-order valence-electron chi connectivity index (χ1n) is 21.6. The van der Waals surface area contributed by atoms with Crippen molar-refractivity contribution >= 4 is 68.8 Å². The average molecular weight is 900 g/mol. The summed E-state index contributed by atoms with van der Waals surface area (Å²) in [5, 5.41) is 12.8. The van der Waals surface area contributed by atoms with E-state index >= 15 is 0 Å². The molecule has 65 heavy (non-hydrogen) atoms. The zero-order chi connectivity index (χ0) is 45.2. The summed E-state index contributed by atoms with van der Waals surface area (Å²) >= 11 is 11.9. The molecule has 0 atom stereocenters. The van der Waals surface area contributed by atoms with E-state index < -0.39 is 5.97 Å². The van der Waals surface area contributed by atoms with Gasteiger partial charge in [0.25, 0.3) is 11.8 Å². The van der Waals surface area contributed by atoms with Gasteiger partial charge < -0.3 is 9.84 Å². The minimum atomic E-state index is -0.890. The minimum absolute atomic E-state index is 0.109. The fraction of sp³-hybridized carbons (Fsp3) is 0.164. The Morgan fingerprint density at radius 2 is 1.03 bits per heavy atom. The minimum Gasteiger partial charge on any atom is -0.478 e. The SMILES string of the molecule is C=CCOC(=O)c1cc(C2CC2)ccc1Cc1ccc2c(ccn2C(=O)c2ccc(Cl)cc2)c1.O=C(O)c1cc(C2CC2)ccc1Cc1ccc2c(ccn2C(=O)c2ccc(Cl)cc2)c1. The largest absolute Gasteiger partial charge is 0.478 e. The van der Waals surface area contributed by atoms with E-state index in [1.807, 2.05) is 66.7 Å². The highest BCUT2D eigenvalue weighted by molar-refractivity contribution is 6.31. The van der Waals surface area contributed by atoms with Crippen LogP contribution in [0.5, 0.6) is 0 Å². The van der Waals surface area contributed by atoms with Gasteiger partial charge in [-0.15, -0.1) is 0 Å². The molecule has 1 N–H and O–H groups in total. The lowest BCUT2D eigenvalue weighted by Gasteiger charge is -2.12. The predicted octanol–water partition coefficient (Wildman–Crippen LogP) is 12.9. The third kappa shape index (κ3) is 9.75. The lowest BCUT2D eigenvalue weighted by molar-refractivity contribution is 0.0547. The van der Waals surface area contributed by atoms with Crippen LogP contribution in [0.2, 0.25) is 10.0 Å². The van der Waals surface area contributed by atoms with E-state index in [-0.39, 0.29) is 24.4 Å². The summed E-state index contributed by atoms with van der Waals surface area (Å²) in [4.78, 5) is 50.4. The first kappa shape index (κ1) is 43.3. The molecule has 0 aliphatic heterocycles. The normalized spacial score (nSPS) is 13.3. The number of carbonyl (C=O) groups is 4. The highest BCUT2D eigenvalue weighted by Crippen LogP contribution is 2.42. The summed E-state index contributed by atoms with van der Waals surface area (Å²) in [5.74, 6) is -0.377. The molecule has 0 unspecified atom stereocenters. The van der Waals surface area contributed by atoms with Crippen molar-refractivity contribution in [3.05, 3.63) is 224 Å². The Labute approximate surface area is 386 Å². The third-order valence-electron chi connectivity index (χ3n) is 12.1. The van der Waals surface area contributed by atoms with Crippen molar-refractivity contribution in [2.45, 2.75) is 50.4 Å². The van der Waals surface area contributed by atoms with Crippen molar-refractivity contribution in [2.24, 2.45) is 0 Å². The van der Waals surface area contributed by atoms with Crippen LogP contribution in [0.1, 0.15) is 112 Å². The maximum atomic E-state index is 13.0. The molecule has 10 rings (SSSR count). The molecule has 2 heterocycles. The van der Waals surface area contributed by atoms with E-state index in [1.54, 1.807) is 76.1 Å². The molecule has 324 valence electrons. The zero-order valence-electron chi connectivity index (χ0n) is 35.4. The number of carboxylic acid groups (broad SMARTS) is 1. The van der Waals surface area contributed by atoms with Crippen molar-refractivity contribution in [2.75, 3.05) is 6.61 Å². The number of benzene rings is 6. The first-order chi connectivity index (χ1) is 31.5. The quantitative estimate of drug-likeness (QED) is 0.0966. The Bertz CT molecular complexity index is 3140. The number of carboxylic acids is 1. The molecule has 2 saturated carbocycles. The molecular weight excluding hydrogens is 856 g/mol. The van der Waals surface area contributed by atoms with Crippen LogP contribution >= 0.6 is 23.2 Å².